The summed E-state index contributed by atoms with van der Waals surface area (Å²) < 4.78 is 11.0. The first-order valence-electron chi connectivity index (χ1n) is 13.2. The number of allylic oxidation sites excluding steroid dienone is 3. The minimum absolute atomic E-state index is 0.0381. The van der Waals surface area contributed by atoms with E-state index >= 15 is 0 Å². The van der Waals surface area contributed by atoms with Crippen molar-refractivity contribution in [3.8, 4) is 0 Å². The van der Waals surface area contributed by atoms with Gasteiger partial charge in [-0.1, -0.05) is 43.3 Å². The highest BCUT2D eigenvalue weighted by atomic mass is 16.5. The molecule has 3 saturated carbocycles. The molecule has 5 rings (SSSR count). The number of ketones is 1. The van der Waals surface area contributed by atoms with Gasteiger partial charge in [0, 0.05) is 18.9 Å². The number of hydrogen-bond donors (Lipinski definition) is 1. The number of methoxy groups -OCH3 is 2. The molecule has 0 radical (unpaired) electrons. The molecule has 36 heavy (non-hydrogen) atoms. The van der Waals surface area contributed by atoms with Crippen molar-refractivity contribution in [1.29, 1.82) is 0 Å². The van der Waals surface area contributed by atoms with Gasteiger partial charge >= 0.3 is 5.97 Å². The second kappa shape index (κ2) is 9.11. The Bertz CT molecular complexity index is 1120. The lowest BCUT2D eigenvalue weighted by molar-refractivity contribution is -0.158. The van der Waals surface area contributed by atoms with Gasteiger partial charge in [-0.15, -0.1) is 6.58 Å². The molecule has 5 nitrogen and oxygen atoms in total. The minimum atomic E-state index is -1.12. The van der Waals surface area contributed by atoms with E-state index in [0.717, 1.165) is 31.2 Å². The van der Waals surface area contributed by atoms with Crippen molar-refractivity contribution in [2.24, 2.45) is 28.6 Å². The molecule has 4 aliphatic rings. The van der Waals surface area contributed by atoms with Gasteiger partial charge in [0.2, 0.25) is 0 Å². The first-order valence-corrected chi connectivity index (χ1v) is 13.2. The van der Waals surface area contributed by atoms with E-state index in [0.29, 0.717) is 31.1 Å². The summed E-state index contributed by atoms with van der Waals surface area (Å²) in [6.45, 7) is 5.91. The largest absolute Gasteiger partial charge is 0.468 e. The van der Waals surface area contributed by atoms with Gasteiger partial charge in [-0.3, -0.25) is 9.59 Å². The molecule has 5 heteroatoms. The van der Waals surface area contributed by atoms with Gasteiger partial charge in [0.15, 0.2) is 5.78 Å². The van der Waals surface area contributed by atoms with Crippen LogP contribution in [0.5, 0.6) is 0 Å². The van der Waals surface area contributed by atoms with Crippen molar-refractivity contribution < 1.29 is 24.2 Å². The lowest BCUT2D eigenvalue weighted by Crippen LogP contribution is -2.49. The van der Waals surface area contributed by atoms with Gasteiger partial charge in [-0.2, -0.15) is 0 Å². The lowest BCUT2D eigenvalue weighted by atomic mass is 9.54. The van der Waals surface area contributed by atoms with Crippen molar-refractivity contribution in [3.05, 3.63) is 71.8 Å². The summed E-state index contributed by atoms with van der Waals surface area (Å²) in [6, 6.07) is 10.0. The Kier molecular flexibility index (Phi) is 6.37. The normalized spacial score (nSPS) is 39.3. The quantitative estimate of drug-likeness (QED) is 0.345. The van der Waals surface area contributed by atoms with Crippen molar-refractivity contribution in [2.45, 2.75) is 63.6 Å². The summed E-state index contributed by atoms with van der Waals surface area (Å²) >= 11 is 0. The lowest BCUT2D eigenvalue weighted by Gasteiger charge is -2.50. The molecule has 0 aromatic heterocycles. The van der Waals surface area contributed by atoms with Crippen LogP contribution in [0.15, 0.2) is 66.3 Å². The van der Waals surface area contributed by atoms with E-state index < -0.39 is 28.5 Å². The number of Topliss-reactive ketones (excluding diaryl/α,β-unsaturated/α-hetero) is 1. The van der Waals surface area contributed by atoms with Crippen LogP contribution >= 0.6 is 0 Å². The molecule has 4 aliphatic carbocycles. The zero-order valence-electron chi connectivity index (χ0n) is 21.7. The second-order valence-electron chi connectivity index (χ2n) is 11.6. The number of rotatable bonds is 6. The molecule has 0 amide bonds. The molecule has 0 heterocycles. The molecule has 0 saturated heterocycles. The molecule has 0 bridgehead atoms. The summed E-state index contributed by atoms with van der Waals surface area (Å²) in [4.78, 5) is 26.8. The van der Waals surface area contributed by atoms with Crippen LogP contribution < -0.4 is 0 Å². The first kappa shape index (κ1) is 25.2. The monoisotopic (exact) mass is 490 g/mol. The third-order valence-electron chi connectivity index (χ3n) is 9.77. The molecule has 3 fully saturated rings. The Morgan fingerprint density at radius 2 is 1.97 bits per heavy atom. The summed E-state index contributed by atoms with van der Waals surface area (Å²) in [5.41, 5.74) is 0.809. The summed E-state index contributed by atoms with van der Waals surface area (Å²) in [6.07, 6.45) is 10.2. The molecule has 3 unspecified atom stereocenters. The third-order valence-corrected chi connectivity index (χ3v) is 9.77. The average molecular weight is 491 g/mol. The molecule has 1 N–H and O–H groups in total. The number of benzene rings is 1. The van der Waals surface area contributed by atoms with E-state index in [1.54, 1.807) is 13.2 Å². The van der Waals surface area contributed by atoms with Gasteiger partial charge in [-0.05, 0) is 85.1 Å². The standard InChI is InChI=1S/C31H38O5/c1-5-14-30(28(33)36-4)19-25-23-12-11-21-18-31(34,17-20-9-7-6-8-10-20)26(35-3)16-24(21)22(23)13-15-29(25,2)27(30)32/h5-10,16,18,22-23,25-26,34H,1,11-15,17,19H2,2-4H3/t22-,23+,25-,26?,29-,30?,31?/m0/s1. The zero-order valence-corrected chi connectivity index (χ0v) is 21.7. The van der Waals surface area contributed by atoms with Gasteiger partial charge in [-0.25, -0.2) is 0 Å². The predicted octanol–water partition coefficient (Wildman–Crippen LogP) is 4.99. The SMILES string of the molecule is C=CCC1(C(=O)OC)C[C@H]2[C@@H]3CCC4=CC(O)(Cc5ccccc5)C(OC)C=C4[C@H]3CC[C@]2(C)C1=O. The highest BCUT2D eigenvalue weighted by Crippen LogP contribution is 2.65. The van der Waals surface area contributed by atoms with Crippen molar-refractivity contribution in [1.82, 2.24) is 0 Å². The van der Waals surface area contributed by atoms with Crippen LogP contribution in [0.3, 0.4) is 0 Å². The first-order chi connectivity index (χ1) is 17.2. The number of carbonyl (C=O) groups excluding carboxylic acids is 2. The van der Waals surface area contributed by atoms with Crippen molar-refractivity contribution in [2.75, 3.05) is 14.2 Å². The minimum Gasteiger partial charge on any atom is -0.468 e. The van der Waals surface area contributed by atoms with E-state index in [4.69, 9.17) is 9.47 Å². The molecule has 1 aromatic rings. The van der Waals surface area contributed by atoms with Crippen molar-refractivity contribution >= 4 is 11.8 Å². The van der Waals surface area contributed by atoms with Crippen molar-refractivity contribution in [3.63, 3.8) is 0 Å². The highest BCUT2D eigenvalue weighted by molar-refractivity contribution is 6.08. The maximum Gasteiger partial charge on any atom is 0.319 e. The second-order valence-corrected chi connectivity index (χ2v) is 11.6. The maximum atomic E-state index is 13.9. The molecule has 0 aliphatic heterocycles. The maximum absolute atomic E-state index is 13.9. The molecule has 0 spiro atoms. The molecule has 1 aromatic carbocycles. The fraction of sp³-hybridized carbons (Fsp3) is 0.548. The van der Waals surface area contributed by atoms with Crippen LogP contribution in [-0.4, -0.2) is 42.8 Å². The molecule has 7 atom stereocenters. The Morgan fingerprint density at radius 3 is 2.64 bits per heavy atom. The summed E-state index contributed by atoms with van der Waals surface area (Å²) in [5, 5.41) is 11.7. The molecule has 192 valence electrons. The van der Waals surface area contributed by atoms with Crippen LogP contribution in [0.2, 0.25) is 0 Å². The predicted molar refractivity (Wildman–Crippen MR) is 138 cm³/mol. The Labute approximate surface area is 214 Å². The molecular weight excluding hydrogens is 452 g/mol. The van der Waals surface area contributed by atoms with E-state index in [2.05, 4.69) is 19.6 Å². The Hall–Kier alpha value is -2.50. The van der Waals surface area contributed by atoms with E-state index in [1.165, 1.54) is 18.3 Å². The zero-order chi connectivity index (χ0) is 25.7. The van der Waals surface area contributed by atoms with Gasteiger partial charge in [0.1, 0.15) is 17.1 Å². The number of hydrogen-bond acceptors (Lipinski definition) is 5. The van der Waals surface area contributed by atoms with E-state index in [1.807, 2.05) is 36.4 Å². The number of fused-ring (bicyclic) bond motifs is 5. The molecular formula is C31H38O5. The average Bonchev–Trinajstić information content (AvgIpc) is 3.11. The Morgan fingerprint density at radius 1 is 1.22 bits per heavy atom. The van der Waals surface area contributed by atoms with Crippen LogP contribution in [0.25, 0.3) is 0 Å². The topological polar surface area (TPSA) is 72.8 Å². The van der Waals surface area contributed by atoms with Gasteiger partial charge in [0.05, 0.1) is 7.11 Å². The van der Waals surface area contributed by atoms with E-state index in [-0.39, 0.29) is 11.7 Å². The summed E-state index contributed by atoms with van der Waals surface area (Å²) in [7, 11) is 3.03. The third kappa shape index (κ3) is 3.66. The number of aliphatic hydroxyl groups is 1. The fourth-order valence-corrected chi connectivity index (χ4v) is 8.08. The Balaban J connectivity index is 1.46. The number of esters is 1. The summed E-state index contributed by atoms with van der Waals surface area (Å²) in [5.74, 6) is 0.350. The van der Waals surface area contributed by atoms with Crippen LogP contribution in [0, 0.1) is 28.6 Å². The van der Waals surface area contributed by atoms with Gasteiger partial charge < -0.3 is 14.6 Å². The number of carbonyl (C=O) groups is 2. The van der Waals surface area contributed by atoms with Crippen LogP contribution in [0.1, 0.15) is 51.0 Å². The van der Waals surface area contributed by atoms with Crippen LogP contribution in [0.4, 0.5) is 0 Å². The van der Waals surface area contributed by atoms with Gasteiger partial charge in [0.25, 0.3) is 0 Å². The fourth-order valence-electron chi connectivity index (χ4n) is 8.08. The smallest absolute Gasteiger partial charge is 0.319 e. The highest BCUT2D eigenvalue weighted by Gasteiger charge is 2.67. The number of ether oxygens (including phenoxy) is 2. The van der Waals surface area contributed by atoms with Crippen LogP contribution in [-0.2, 0) is 25.5 Å². The van der Waals surface area contributed by atoms with E-state index in [9.17, 15) is 14.7 Å².